The molecule has 2 unspecified atom stereocenters. The number of H-pyrrole nitrogens is 1. The van der Waals surface area contributed by atoms with E-state index in [9.17, 15) is 0 Å². The van der Waals surface area contributed by atoms with Crippen LogP contribution < -0.4 is 4.90 Å². The highest BCUT2D eigenvalue weighted by molar-refractivity contribution is 5.82. The van der Waals surface area contributed by atoms with Crippen molar-refractivity contribution in [1.29, 1.82) is 0 Å². The van der Waals surface area contributed by atoms with Crippen molar-refractivity contribution in [2.24, 2.45) is 5.92 Å². The first-order valence-electron chi connectivity index (χ1n) is 9.46. The predicted octanol–water partition coefficient (Wildman–Crippen LogP) is 2.07. The van der Waals surface area contributed by atoms with E-state index < -0.39 is 0 Å². The lowest BCUT2D eigenvalue weighted by atomic mass is 9.93. The van der Waals surface area contributed by atoms with Crippen LogP contribution in [0.4, 0.5) is 5.82 Å². The van der Waals surface area contributed by atoms with Gasteiger partial charge in [0.05, 0.1) is 18.5 Å². The molecule has 2 aliphatic rings. The smallest absolute Gasteiger partial charge is 0.182 e. The number of aromatic nitrogens is 4. The van der Waals surface area contributed by atoms with Crippen LogP contribution in [-0.4, -0.2) is 69.8 Å². The molecule has 0 aromatic carbocycles. The molecule has 2 saturated heterocycles. The summed E-state index contributed by atoms with van der Waals surface area (Å²) in [5.41, 5.74) is 1.71. The number of hydrogen-bond donors (Lipinski definition) is 1. The summed E-state index contributed by atoms with van der Waals surface area (Å²) in [4.78, 5) is 21.1. The molecule has 2 fully saturated rings. The monoisotopic (exact) mass is 344 g/mol. The summed E-state index contributed by atoms with van der Waals surface area (Å²) >= 11 is 0. The molecule has 0 amide bonds. The van der Waals surface area contributed by atoms with Gasteiger partial charge in [0.2, 0.25) is 0 Å². The van der Waals surface area contributed by atoms with Crippen LogP contribution in [0, 0.1) is 5.92 Å². The first kappa shape index (κ1) is 16.7. The number of nitrogens with zero attached hydrogens (tertiary/aromatic N) is 5. The van der Waals surface area contributed by atoms with E-state index in [4.69, 9.17) is 4.74 Å². The molecule has 0 aliphatic carbocycles. The topological polar surface area (TPSA) is 70.2 Å². The van der Waals surface area contributed by atoms with E-state index in [1.165, 1.54) is 25.8 Å². The molecule has 4 heterocycles. The maximum Gasteiger partial charge on any atom is 0.182 e. The van der Waals surface area contributed by atoms with Gasteiger partial charge in [-0.15, -0.1) is 0 Å². The lowest BCUT2D eigenvalue weighted by Gasteiger charge is -2.37. The quantitative estimate of drug-likeness (QED) is 0.916. The Morgan fingerprint density at radius 1 is 1.12 bits per heavy atom. The second-order valence-corrected chi connectivity index (χ2v) is 7.53. The third-order valence-corrected chi connectivity index (χ3v) is 5.47. The van der Waals surface area contributed by atoms with Crippen LogP contribution in [0.15, 0.2) is 12.7 Å². The van der Waals surface area contributed by atoms with Crippen molar-refractivity contribution < 1.29 is 4.74 Å². The molecular weight excluding hydrogens is 316 g/mol. The lowest BCUT2D eigenvalue weighted by molar-refractivity contribution is -0.0690. The molecule has 0 radical (unpaired) electrons. The molecule has 136 valence electrons. The second kappa shape index (κ2) is 7.25. The van der Waals surface area contributed by atoms with Crippen molar-refractivity contribution in [3.05, 3.63) is 12.7 Å². The van der Waals surface area contributed by atoms with Crippen LogP contribution in [0.1, 0.15) is 33.1 Å². The minimum absolute atomic E-state index is 0.361. The normalized spacial score (nSPS) is 26.4. The summed E-state index contributed by atoms with van der Waals surface area (Å²) in [6.07, 6.45) is 7.78. The molecule has 2 aromatic rings. The van der Waals surface area contributed by atoms with Gasteiger partial charge in [0.1, 0.15) is 11.8 Å². The number of piperidine rings is 1. The van der Waals surface area contributed by atoms with Crippen LogP contribution in [0.2, 0.25) is 0 Å². The zero-order valence-corrected chi connectivity index (χ0v) is 15.2. The van der Waals surface area contributed by atoms with Gasteiger partial charge < -0.3 is 14.6 Å². The maximum atomic E-state index is 5.83. The van der Waals surface area contributed by atoms with Crippen molar-refractivity contribution in [3.63, 3.8) is 0 Å². The van der Waals surface area contributed by atoms with E-state index in [0.717, 1.165) is 49.1 Å². The zero-order valence-electron chi connectivity index (χ0n) is 15.2. The van der Waals surface area contributed by atoms with Gasteiger partial charge in [-0.2, -0.15) is 0 Å². The molecule has 1 N–H and O–H groups in total. The minimum Gasteiger partial charge on any atom is -0.373 e. The van der Waals surface area contributed by atoms with Crippen molar-refractivity contribution in [1.82, 2.24) is 24.8 Å². The fourth-order valence-corrected chi connectivity index (χ4v) is 4.26. The van der Waals surface area contributed by atoms with Gasteiger partial charge in [0, 0.05) is 26.2 Å². The second-order valence-electron chi connectivity index (χ2n) is 7.53. The standard InChI is InChI=1S/C18H28N6O/c1-13-9-23(10-14(2)25-13)6-3-15-4-7-24(8-5-15)18-16-17(20-11-19-16)21-12-22-18/h11-15H,3-10H2,1-2H3,(H,19,20,21,22). The molecular formula is C18H28N6O. The van der Waals surface area contributed by atoms with Crippen LogP contribution in [0.3, 0.4) is 0 Å². The Hall–Kier alpha value is -1.73. The molecule has 0 bridgehead atoms. The zero-order chi connectivity index (χ0) is 17.2. The molecule has 4 rings (SSSR count). The number of fused-ring (bicyclic) bond motifs is 1. The summed E-state index contributed by atoms with van der Waals surface area (Å²) in [6.45, 7) is 9.82. The number of morpholine rings is 1. The summed E-state index contributed by atoms with van der Waals surface area (Å²) in [5.74, 6) is 1.81. The first-order chi connectivity index (χ1) is 12.2. The number of aromatic amines is 1. The Bertz CT molecular complexity index is 686. The number of anilines is 1. The minimum atomic E-state index is 0.361. The van der Waals surface area contributed by atoms with Crippen LogP contribution in [0.5, 0.6) is 0 Å². The average molecular weight is 344 g/mol. The largest absolute Gasteiger partial charge is 0.373 e. The van der Waals surface area contributed by atoms with E-state index in [1.807, 2.05) is 0 Å². The molecule has 0 saturated carbocycles. The van der Waals surface area contributed by atoms with Gasteiger partial charge in [-0.25, -0.2) is 15.0 Å². The maximum absolute atomic E-state index is 5.83. The van der Waals surface area contributed by atoms with Crippen molar-refractivity contribution in [2.75, 3.05) is 37.6 Å². The Morgan fingerprint density at radius 3 is 2.64 bits per heavy atom. The highest BCUT2D eigenvalue weighted by Gasteiger charge is 2.25. The molecule has 25 heavy (non-hydrogen) atoms. The van der Waals surface area contributed by atoms with Gasteiger partial charge in [-0.3, -0.25) is 4.90 Å². The molecule has 2 aliphatic heterocycles. The fourth-order valence-electron chi connectivity index (χ4n) is 4.26. The molecule has 7 nitrogen and oxygen atoms in total. The third kappa shape index (κ3) is 3.77. The van der Waals surface area contributed by atoms with Gasteiger partial charge in [0.25, 0.3) is 0 Å². The van der Waals surface area contributed by atoms with Gasteiger partial charge in [0.15, 0.2) is 11.5 Å². The van der Waals surface area contributed by atoms with Crippen molar-refractivity contribution in [3.8, 4) is 0 Å². The summed E-state index contributed by atoms with van der Waals surface area (Å²) in [6, 6.07) is 0. The third-order valence-electron chi connectivity index (χ3n) is 5.47. The first-order valence-corrected chi connectivity index (χ1v) is 9.46. The molecule has 0 spiro atoms. The van der Waals surface area contributed by atoms with Gasteiger partial charge in [-0.1, -0.05) is 0 Å². The average Bonchev–Trinajstić information content (AvgIpc) is 3.08. The number of hydrogen-bond acceptors (Lipinski definition) is 6. The molecule has 2 atom stereocenters. The molecule has 2 aromatic heterocycles. The van der Waals surface area contributed by atoms with Gasteiger partial charge >= 0.3 is 0 Å². The highest BCUT2D eigenvalue weighted by atomic mass is 16.5. The Labute approximate surface area is 148 Å². The summed E-state index contributed by atoms with van der Waals surface area (Å²) < 4.78 is 5.83. The molecule has 7 heteroatoms. The Balaban J connectivity index is 1.29. The van der Waals surface area contributed by atoms with Crippen LogP contribution in [0.25, 0.3) is 11.2 Å². The van der Waals surface area contributed by atoms with E-state index >= 15 is 0 Å². The number of imidazole rings is 1. The van der Waals surface area contributed by atoms with E-state index in [0.29, 0.717) is 12.2 Å². The SMILES string of the molecule is CC1CN(CCC2CCN(c3ncnc4nc[nH]c34)CC2)CC(C)O1. The number of nitrogens with one attached hydrogen (secondary N) is 1. The highest BCUT2D eigenvalue weighted by Crippen LogP contribution is 2.27. The van der Waals surface area contributed by atoms with E-state index in [1.54, 1.807) is 12.7 Å². The predicted molar refractivity (Wildman–Crippen MR) is 97.7 cm³/mol. The number of ether oxygens (including phenoxy) is 1. The van der Waals surface area contributed by atoms with E-state index in [-0.39, 0.29) is 0 Å². The van der Waals surface area contributed by atoms with Crippen LogP contribution in [-0.2, 0) is 4.74 Å². The summed E-state index contributed by atoms with van der Waals surface area (Å²) in [5, 5.41) is 0. The lowest BCUT2D eigenvalue weighted by Crippen LogP contribution is -2.46. The summed E-state index contributed by atoms with van der Waals surface area (Å²) in [7, 11) is 0. The van der Waals surface area contributed by atoms with Crippen molar-refractivity contribution >= 4 is 17.0 Å². The van der Waals surface area contributed by atoms with Gasteiger partial charge in [-0.05, 0) is 45.6 Å². The van der Waals surface area contributed by atoms with Crippen LogP contribution >= 0.6 is 0 Å². The van der Waals surface area contributed by atoms with Crippen molar-refractivity contribution in [2.45, 2.75) is 45.3 Å². The Morgan fingerprint density at radius 2 is 1.88 bits per heavy atom. The fraction of sp³-hybridized carbons (Fsp3) is 0.722. The Kier molecular flexibility index (Phi) is 4.85. The number of rotatable bonds is 4. The van der Waals surface area contributed by atoms with E-state index in [2.05, 4.69) is 43.6 Å².